The zero-order valence-corrected chi connectivity index (χ0v) is 17.1. The molecule has 0 spiro atoms. The van der Waals surface area contributed by atoms with Crippen molar-refractivity contribution >= 4 is 21.1 Å². The van der Waals surface area contributed by atoms with Crippen LogP contribution in [0, 0.1) is 12.7 Å². The van der Waals surface area contributed by atoms with Crippen molar-refractivity contribution in [2.45, 2.75) is 18.4 Å². The predicted octanol–water partition coefficient (Wildman–Crippen LogP) is 3.36. The molecule has 0 fully saturated rings. The van der Waals surface area contributed by atoms with E-state index in [-0.39, 0.29) is 17.1 Å². The van der Waals surface area contributed by atoms with Gasteiger partial charge in [0.05, 0.1) is 17.5 Å². The minimum absolute atomic E-state index is 0.0390. The number of methoxy groups -OCH3 is 1. The number of benzene rings is 3. The van der Waals surface area contributed by atoms with E-state index in [9.17, 15) is 12.8 Å². The third kappa shape index (κ3) is 3.89. The third-order valence-electron chi connectivity index (χ3n) is 4.69. The highest BCUT2D eigenvalue weighted by Crippen LogP contribution is 2.23. The van der Waals surface area contributed by atoms with Gasteiger partial charge in [-0.3, -0.25) is 0 Å². The molecule has 4 rings (SSSR count). The zero-order valence-electron chi connectivity index (χ0n) is 16.3. The van der Waals surface area contributed by atoms with Crippen LogP contribution >= 0.6 is 0 Å². The molecule has 7 nitrogen and oxygen atoms in total. The van der Waals surface area contributed by atoms with E-state index in [1.807, 2.05) is 6.92 Å². The number of halogens is 1. The molecule has 0 amide bonds. The number of fused-ring (bicyclic) bond motifs is 1. The summed E-state index contributed by atoms with van der Waals surface area (Å²) < 4.78 is 48.7. The molecule has 0 atom stereocenters. The molecule has 1 N–H and O–H groups in total. The van der Waals surface area contributed by atoms with Crippen molar-refractivity contribution in [2.24, 2.45) is 0 Å². The van der Waals surface area contributed by atoms with Crippen molar-refractivity contribution in [3.63, 3.8) is 0 Å². The minimum Gasteiger partial charge on any atom is -0.497 e. The molecule has 4 aromatic rings. The van der Waals surface area contributed by atoms with E-state index in [1.54, 1.807) is 49.6 Å². The summed E-state index contributed by atoms with van der Waals surface area (Å²) in [4.78, 5) is 0.162. The molecule has 0 radical (unpaired) electrons. The largest absolute Gasteiger partial charge is 0.497 e. The van der Waals surface area contributed by atoms with Crippen LogP contribution in [0.2, 0.25) is 0 Å². The molecular weight excluding hydrogens is 407 g/mol. The standard InChI is InChI=1S/C21H19FN4O3S/c1-14-3-7-17(8-4-14)30(27,28)23-13-15-5-9-20(18(22)11-15)26-21-10-6-16(29-2)12-19(21)24-25-26/h3-12,23H,13H2,1-2H3. The Labute approximate surface area is 173 Å². The second kappa shape index (κ2) is 7.85. The van der Waals surface area contributed by atoms with Gasteiger partial charge in [0.1, 0.15) is 22.8 Å². The van der Waals surface area contributed by atoms with Crippen LogP contribution in [0.25, 0.3) is 16.7 Å². The van der Waals surface area contributed by atoms with Crippen molar-refractivity contribution in [3.05, 3.63) is 77.6 Å². The van der Waals surface area contributed by atoms with E-state index < -0.39 is 15.8 Å². The molecule has 9 heteroatoms. The number of aryl methyl sites for hydroxylation is 1. The fraction of sp³-hybridized carbons (Fsp3) is 0.143. The van der Waals surface area contributed by atoms with Crippen LogP contribution in [0.4, 0.5) is 4.39 Å². The van der Waals surface area contributed by atoms with Crippen LogP contribution in [0.5, 0.6) is 5.75 Å². The molecule has 0 aliphatic carbocycles. The fourth-order valence-electron chi connectivity index (χ4n) is 3.02. The molecule has 0 unspecified atom stereocenters. The molecule has 3 aromatic carbocycles. The first kappa shape index (κ1) is 20.0. The van der Waals surface area contributed by atoms with Crippen molar-refractivity contribution in [1.29, 1.82) is 0 Å². The number of hydrogen-bond acceptors (Lipinski definition) is 5. The summed E-state index contributed by atoms with van der Waals surface area (Å²) in [5.41, 5.74) is 2.86. The molecule has 1 aromatic heterocycles. The monoisotopic (exact) mass is 426 g/mol. The highest BCUT2D eigenvalue weighted by atomic mass is 32.2. The van der Waals surface area contributed by atoms with Gasteiger partial charge in [-0.15, -0.1) is 5.10 Å². The lowest BCUT2D eigenvalue weighted by molar-refractivity contribution is 0.415. The predicted molar refractivity (Wildman–Crippen MR) is 111 cm³/mol. The lowest BCUT2D eigenvalue weighted by Crippen LogP contribution is -2.23. The maximum absolute atomic E-state index is 14.8. The quantitative estimate of drug-likeness (QED) is 0.511. The lowest BCUT2D eigenvalue weighted by Gasteiger charge is -2.09. The van der Waals surface area contributed by atoms with Crippen LogP contribution in [0.15, 0.2) is 65.6 Å². The molecular formula is C21H19FN4O3S. The van der Waals surface area contributed by atoms with Gasteiger partial charge in [-0.25, -0.2) is 22.2 Å². The average molecular weight is 426 g/mol. The number of nitrogens with zero attached hydrogens (tertiary/aromatic N) is 3. The SMILES string of the molecule is COc1ccc2c(c1)nnn2-c1ccc(CNS(=O)(=O)c2ccc(C)cc2)cc1F. The Morgan fingerprint density at radius 1 is 1.07 bits per heavy atom. The van der Waals surface area contributed by atoms with E-state index in [1.165, 1.54) is 22.9 Å². The molecule has 0 aliphatic heterocycles. The summed E-state index contributed by atoms with van der Waals surface area (Å²) in [5, 5.41) is 8.07. The minimum atomic E-state index is -3.69. The second-order valence-electron chi connectivity index (χ2n) is 6.78. The molecule has 154 valence electrons. The summed E-state index contributed by atoms with van der Waals surface area (Å²) in [6, 6.07) is 16.2. The van der Waals surface area contributed by atoms with Gasteiger partial charge in [-0.1, -0.05) is 29.0 Å². The van der Waals surface area contributed by atoms with Crippen LogP contribution < -0.4 is 9.46 Å². The molecule has 30 heavy (non-hydrogen) atoms. The third-order valence-corrected chi connectivity index (χ3v) is 6.11. The first-order valence-corrected chi connectivity index (χ1v) is 10.6. The Morgan fingerprint density at radius 2 is 1.83 bits per heavy atom. The van der Waals surface area contributed by atoms with Gasteiger partial charge in [0.15, 0.2) is 0 Å². The van der Waals surface area contributed by atoms with Crippen molar-refractivity contribution in [2.75, 3.05) is 7.11 Å². The Bertz CT molecular complexity index is 1320. The summed E-state index contributed by atoms with van der Waals surface area (Å²) in [6.07, 6.45) is 0. The second-order valence-corrected chi connectivity index (χ2v) is 8.55. The van der Waals surface area contributed by atoms with Gasteiger partial charge in [0.2, 0.25) is 10.0 Å². The van der Waals surface area contributed by atoms with Gasteiger partial charge in [-0.05, 0) is 48.9 Å². The van der Waals surface area contributed by atoms with Crippen molar-refractivity contribution in [3.8, 4) is 11.4 Å². The average Bonchev–Trinajstić information content (AvgIpc) is 3.15. The van der Waals surface area contributed by atoms with Crippen molar-refractivity contribution < 1.29 is 17.5 Å². The van der Waals surface area contributed by atoms with Gasteiger partial charge >= 0.3 is 0 Å². The van der Waals surface area contributed by atoms with E-state index in [0.29, 0.717) is 22.3 Å². The molecule has 0 saturated carbocycles. The smallest absolute Gasteiger partial charge is 0.240 e. The summed E-state index contributed by atoms with van der Waals surface area (Å²) in [7, 11) is -2.14. The first-order valence-electron chi connectivity index (χ1n) is 9.12. The van der Waals surface area contributed by atoms with Crippen LogP contribution in [-0.4, -0.2) is 30.5 Å². The van der Waals surface area contributed by atoms with Crippen LogP contribution in [-0.2, 0) is 16.6 Å². The number of sulfonamides is 1. The number of rotatable bonds is 6. The van der Waals surface area contributed by atoms with E-state index in [4.69, 9.17) is 4.74 Å². The Balaban J connectivity index is 1.56. The van der Waals surface area contributed by atoms with Gasteiger partial charge in [0.25, 0.3) is 0 Å². The number of aromatic nitrogens is 3. The molecule has 0 aliphatic rings. The topological polar surface area (TPSA) is 86.1 Å². The van der Waals surface area contributed by atoms with E-state index >= 15 is 0 Å². The van der Waals surface area contributed by atoms with Crippen LogP contribution in [0.1, 0.15) is 11.1 Å². The summed E-state index contributed by atoms with van der Waals surface area (Å²) >= 11 is 0. The lowest BCUT2D eigenvalue weighted by atomic mass is 10.2. The Kier molecular flexibility index (Phi) is 5.23. The van der Waals surface area contributed by atoms with Crippen LogP contribution in [0.3, 0.4) is 0 Å². The maximum Gasteiger partial charge on any atom is 0.240 e. The van der Waals surface area contributed by atoms with Gasteiger partial charge in [-0.2, -0.15) is 0 Å². The van der Waals surface area contributed by atoms with E-state index in [0.717, 1.165) is 5.56 Å². The fourth-order valence-corrected chi connectivity index (χ4v) is 4.04. The van der Waals surface area contributed by atoms with Gasteiger partial charge < -0.3 is 4.74 Å². The first-order chi connectivity index (χ1) is 14.4. The number of nitrogens with one attached hydrogen (secondary N) is 1. The van der Waals surface area contributed by atoms with E-state index in [2.05, 4.69) is 15.0 Å². The highest BCUT2D eigenvalue weighted by molar-refractivity contribution is 7.89. The molecule has 1 heterocycles. The van der Waals surface area contributed by atoms with Crippen molar-refractivity contribution in [1.82, 2.24) is 19.7 Å². The maximum atomic E-state index is 14.8. The highest BCUT2D eigenvalue weighted by Gasteiger charge is 2.15. The zero-order chi connectivity index (χ0) is 21.3. The molecule has 0 bridgehead atoms. The molecule has 0 saturated heterocycles. The summed E-state index contributed by atoms with van der Waals surface area (Å²) in [5.74, 6) is 0.0934. The number of hydrogen-bond donors (Lipinski definition) is 1. The van der Waals surface area contributed by atoms with Gasteiger partial charge in [0, 0.05) is 12.6 Å². The Hall–Kier alpha value is -3.30. The summed E-state index contributed by atoms with van der Waals surface area (Å²) in [6.45, 7) is 1.84. The number of ether oxygens (including phenoxy) is 1. The Morgan fingerprint density at radius 3 is 2.53 bits per heavy atom. The normalized spacial score (nSPS) is 11.7.